The van der Waals surface area contributed by atoms with Crippen molar-refractivity contribution < 1.29 is 36.2 Å². The summed E-state index contributed by atoms with van der Waals surface area (Å²) in [4.78, 5) is 21.2. The summed E-state index contributed by atoms with van der Waals surface area (Å²) in [5.74, 6) is 0.720. The van der Waals surface area contributed by atoms with E-state index in [0.29, 0.717) is 44.9 Å². The van der Waals surface area contributed by atoms with Crippen LogP contribution in [-0.4, -0.2) is 73.8 Å². The number of ether oxygens (including phenoxy) is 2. The molecule has 4 fully saturated rings. The molecule has 218 valence electrons. The highest BCUT2D eigenvalue weighted by atomic mass is 19.4. The SMILES string of the molecule is CO[C@@H]1COCC[C@@H]1CCC[C@@H]1CC[C@](CC(F)F)(C(=O)N2C[C@@H]3C[C@H]2CN3c2cccc(C(F)(F)F)n2)C1. The third-order valence-corrected chi connectivity index (χ3v) is 9.46. The highest BCUT2D eigenvalue weighted by Crippen LogP contribution is 2.50. The Balaban J connectivity index is 1.20. The molecule has 3 saturated heterocycles. The minimum atomic E-state index is -4.53. The Morgan fingerprint density at radius 3 is 2.72 bits per heavy atom. The van der Waals surface area contributed by atoms with Crippen LogP contribution < -0.4 is 4.90 Å². The van der Waals surface area contributed by atoms with E-state index in [9.17, 15) is 26.7 Å². The van der Waals surface area contributed by atoms with Gasteiger partial charge in [-0.05, 0) is 62.5 Å². The topological polar surface area (TPSA) is 54.9 Å². The number of hydrogen-bond acceptors (Lipinski definition) is 5. The third-order valence-electron chi connectivity index (χ3n) is 9.46. The highest BCUT2D eigenvalue weighted by Gasteiger charge is 2.54. The average molecular weight is 560 g/mol. The molecule has 6 atom stereocenters. The van der Waals surface area contributed by atoms with Crippen LogP contribution >= 0.6 is 0 Å². The second-order valence-corrected chi connectivity index (χ2v) is 11.8. The van der Waals surface area contributed by atoms with Crippen LogP contribution in [0.4, 0.5) is 27.8 Å². The fraction of sp³-hybridized carbons (Fsp3) is 0.786. The summed E-state index contributed by atoms with van der Waals surface area (Å²) in [6, 6.07) is 3.47. The zero-order valence-electron chi connectivity index (χ0n) is 22.3. The van der Waals surface area contributed by atoms with Gasteiger partial charge in [-0.15, -0.1) is 0 Å². The molecule has 4 aliphatic rings. The predicted octanol–water partition coefficient (Wildman–Crippen LogP) is 5.55. The van der Waals surface area contributed by atoms with E-state index in [0.717, 1.165) is 44.8 Å². The number of piperazine rings is 1. The van der Waals surface area contributed by atoms with E-state index in [1.165, 1.54) is 6.07 Å². The Labute approximate surface area is 226 Å². The van der Waals surface area contributed by atoms with Gasteiger partial charge in [0.1, 0.15) is 11.5 Å². The largest absolute Gasteiger partial charge is 0.433 e. The Morgan fingerprint density at radius 2 is 2.03 bits per heavy atom. The molecule has 3 aliphatic heterocycles. The van der Waals surface area contributed by atoms with Crippen LogP contribution in [0.25, 0.3) is 0 Å². The smallest absolute Gasteiger partial charge is 0.379 e. The first kappa shape index (κ1) is 28.5. The first-order chi connectivity index (χ1) is 18.6. The second kappa shape index (κ2) is 11.5. The monoisotopic (exact) mass is 559 g/mol. The molecular formula is C28H38F5N3O3. The van der Waals surface area contributed by atoms with Crippen molar-refractivity contribution in [1.82, 2.24) is 9.88 Å². The molecule has 0 N–H and O–H groups in total. The van der Waals surface area contributed by atoms with Crippen molar-refractivity contribution in [3.05, 3.63) is 23.9 Å². The van der Waals surface area contributed by atoms with Gasteiger partial charge in [0.2, 0.25) is 12.3 Å². The Morgan fingerprint density at radius 1 is 1.21 bits per heavy atom. The average Bonchev–Trinajstić information content (AvgIpc) is 3.63. The van der Waals surface area contributed by atoms with Gasteiger partial charge in [0.25, 0.3) is 0 Å². The number of alkyl halides is 5. The normalized spacial score (nSPS) is 32.9. The summed E-state index contributed by atoms with van der Waals surface area (Å²) < 4.78 is 78.1. The molecule has 1 aromatic rings. The maximum Gasteiger partial charge on any atom is 0.433 e. The second-order valence-electron chi connectivity index (χ2n) is 11.8. The van der Waals surface area contributed by atoms with Gasteiger partial charge in [-0.25, -0.2) is 13.8 Å². The van der Waals surface area contributed by atoms with Crippen molar-refractivity contribution in [2.45, 2.75) is 88.6 Å². The molecule has 1 saturated carbocycles. The Kier molecular flexibility index (Phi) is 8.38. The molecule has 0 spiro atoms. The number of methoxy groups -OCH3 is 1. The number of likely N-dealkylation sites (tertiary alicyclic amines) is 1. The predicted molar refractivity (Wildman–Crippen MR) is 134 cm³/mol. The summed E-state index contributed by atoms with van der Waals surface area (Å²) in [7, 11) is 1.70. The standard InChI is InChI=1S/C28H38F5N3O3/c1-38-22-17-39-11-9-19(22)5-2-4-18-8-10-27(13-18,14-24(29)30)26(37)36-16-20-12-21(36)15-35(20)25-7-3-6-23(34-25)28(31,32)33/h3,6-7,18-22,24H,2,4-5,8-17H2,1H3/t18-,19+,20+,21+,22-,27+/m1/s1. The first-order valence-corrected chi connectivity index (χ1v) is 14.1. The summed E-state index contributed by atoms with van der Waals surface area (Å²) in [6.07, 6.45) is -1.27. The van der Waals surface area contributed by atoms with Crippen LogP contribution in [0.3, 0.4) is 0 Å². The van der Waals surface area contributed by atoms with E-state index in [-0.39, 0.29) is 35.8 Å². The number of fused-ring (bicyclic) bond motifs is 2. The van der Waals surface area contributed by atoms with Gasteiger partial charge >= 0.3 is 6.18 Å². The van der Waals surface area contributed by atoms with Crippen molar-refractivity contribution in [2.75, 3.05) is 38.3 Å². The Hall–Kier alpha value is -2.01. The van der Waals surface area contributed by atoms with Crippen LogP contribution in [0, 0.1) is 17.3 Å². The number of aromatic nitrogens is 1. The summed E-state index contributed by atoms with van der Waals surface area (Å²) in [6.45, 7) is 2.04. The lowest BCUT2D eigenvalue weighted by Crippen LogP contribution is -2.53. The summed E-state index contributed by atoms with van der Waals surface area (Å²) >= 11 is 0. The summed E-state index contributed by atoms with van der Waals surface area (Å²) in [5.41, 5.74) is -2.01. The van der Waals surface area contributed by atoms with E-state index in [1.54, 1.807) is 18.1 Å². The molecule has 39 heavy (non-hydrogen) atoms. The molecule has 0 aromatic carbocycles. The fourth-order valence-corrected chi connectivity index (χ4v) is 7.50. The van der Waals surface area contributed by atoms with E-state index >= 15 is 0 Å². The molecule has 0 unspecified atom stereocenters. The minimum absolute atomic E-state index is 0.0955. The third kappa shape index (κ3) is 6.04. The number of carbonyl (C=O) groups excluding carboxylic acids is 1. The molecule has 11 heteroatoms. The van der Waals surface area contributed by atoms with Crippen LogP contribution in [0.5, 0.6) is 0 Å². The van der Waals surface area contributed by atoms with E-state index in [2.05, 4.69) is 4.98 Å². The molecule has 1 aliphatic carbocycles. The van der Waals surface area contributed by atoms with Gasteiger partial charge in [-0.3, -0.25) is 4.79 Å². The van der Waals surface area contributed by atoms with E-state index < -0.39 is 30.1 Å². The van der Waals surface area contributed by atoms with Crippen LogP contribution in [0.1, 0.15) is 63.5 Å². The van der Waals surface area contributed by atoms with Crippen molar-refractivity contribution in [3.8, 4) is 0 Å². The fourth-order valence-electron chi connectivity index (χ4n) is 7.50. The number of halogens is 5. The molecule has 0 radical (unpaired) electrons. The molecule has 5 rings (SSSR count). The van der Waals surface area contributed by atoms with Gasteiger partial charge in [0, 0.05) is 33.2 Å². The number of hydrogen-bond donors (Lipinski definition) is 0. The van der Waals surface area contributed by atoms with Gasteiger partial charge < -0.3 is 19.3 Å². The van der Waals surface area contributed by atoms with Gasteiger partial charge in [0.05, 0.1) is 30.2 Å². The number of carbonyl (C=O) groups is 1. The lowest BCUT2D eigenvalue weighted by molar-refractivity contribution is -0.146. The highest BCUT2D eigenvalue weighted by molar-refractivity contribution is 5.84. The lowest BCUT2D eigenvalue weighted by atomic mass is 9.79. The number of anilines is 1. The van der Waals surface area contributed by atoms with Crippen molar-refractivity contribution in [3.63, 3.8) is 0 Å². The van der Waals surface area contributed by atoms with Crippen molar-refractivity contribution >= 4 is 11.7 Å². The summed E-state index contributed by atoms with van der Waals surface area (Å²) in [5, 5.41) is 0. The maximum atomic E-state index is 13.9. The van der Waals surface area contributed by atoms with Crippen molar-refractivity contribution in [1.29, 1.82) is 0 Å². The zero-order valence-corrected chi connectivity index (χ0v) is 22.3. The van der Waals surface area contributed by atoms with Gasteiger partial charge in [-0.2, -0.15) is 13.2 Å². The molecular weight excluding hydrogens is 521 g/mol. The minimum Gasteiger partial charge on any atom is -0.379 e. The first-order valence-electron chi connectivity index (χ1n) is 14.1. The quantitative estimate of drug-likeness (QED) is 0.371. The molecule has 4 heterocycles. The lowest BCUT2D eigenvalue weighted by Gasteiger charge is -2.40. The molecule has 1 aromatic heterocycles. The number of pyridine rings is 1. The van der Waals surface area contributed by atoms with E-state index in [4.69, 9.17) is 9.47 Å². The van der Waals surface area contributed by atoms with Crippen LogP contribution in [-0.2, 0) is 20.4 Å². The Bertz CT molecular complexity index is 1010. The number of amides is 1. The van der Waals surface area contributed by atoms with Crippen LogP contribution in [0.15, 0.2) is 18.2 Å². The molecule has 6 nitrogen and oxygen atoms in total. The van der Waals surface area contributed by atoms with Gasteiger partial charge in [-0.1, -0.05) is 18.9 Å². The molecule has 1 amide bonds. The number of rotatable bonds is 9. The zero-order chi connectivity index (χ0) is 27.8. The molecule has 2 bridgehead atoms. The van der Waals surface area contributed by atoms with E-state index in [1.807, 2.05) is 4.90 Å². The van der Waals surface area contributed by atoms with Crippen LogP contribution in [0.2, 0.25) is 0 Å². The van der Waals surface area contributed by atoms with Crippen molar-refractivity contribution in [2.24, 2.45) is 17.3 Å². The maximum absolute atomic E-state index is 13.9. The van der Waals surface area contributed by atoms with Gasteiger partial charge in [0.15, 0.2) is 0 Å². The number of nitrogens with zero attached hydrogens (tertiary/aromatic N) is 3.